The molecular weight excluding hydrogens is 214 g/mol. The van der Waals surface area contributed by atoms with Crippen LogP contribution in [0.4, 0.5) is 0 Å². The normalized spacial score (nSPS) is 3.25. The molecule has 0 heterocycles. The van der Waals surface area contributed by atoms with Gasteiger partial charge in [0.25, 0.3) is 0 Å². The van der Waals surface area contributed by atoms with Gasteiger partial charge in [-0.05, 0) is 15.9 Å². The summed E-state index contributed by atoms with van der Waals surface area (Å²) in [6, 6.07) is 0. The fourth-order valence-corrected chi connectivity index (χ4v) is 0. The van der Waals surface area contributed by atoms with Crippen molar-refractivity contribution in [3.8, 4) is 0 Å². The average molecular weight is 215 g/mol. The van der Waals surface area contributed by atoms with Gasteiger partial charge < -0.3 is 0 Å². The molecule has 0 aromatic heterocycles. The van der Waals surface area contributed by atoms with Gasteiger partial charge in [0.1, 0.15) is 0 Å². The van der Waals surface area contributed by atoms with Crippen LogP contribution in [0.15, 0.2) is 0 Å². The van der Waals surface area contributed by atoms with Crippen LogP contribution in [0.5, 0.6) is 0 Å². The molecule has 0 unspecified atom stereocenters. The number of rotatable bonds is 0. The van der Waals surface area contributed by atoms with Gasteiger partial charge in [-0.2, -0.15) is 0 Å². The van der Waals surface area contributed by atoms with Crippen molar-refractivity contribution >= 4 is 21.1 Å². The smallest absolute Gasteiger partial charge is 0.185 e. The van der Waals surface area contributed by atoms with E-state index in [0.717, 1.165) is 0 Å². The molecule has 0 saturated heterocycles. The average Bonchev–Trinajstić information content (AvgIpc) is 0.918. The van der Waals surface area contributed by atoms with Crippen LogP contribution < -0.4 is 0 Å². The van der Waals surface area contributed by atoms with Gasteiger partial charge in [0, 0.05) is 20.4 Å². The Morgan fingerprint density at radius 3 is 1.75 bits per heavy atom. The Kier molecular flexibility index (Phi) is 20.3. The van der Waals surface area contributed by atoms with Gasteiger partial charge in [-0.3, -0.25) is 4.79 Å². The summed E-state index contributed by atoms with van der Waals surface area (Å²) in [5.41, 5.74) is 0. The van der Waals surface area contributed by atoms with Crippen molar-refractivity contribution in [2.45, 2.75) is 0 Å². The van der Waals surface area contributed by atoms with Crippen LogP contribution in [0.3, 0.4) is 0 Å². The summed E-state index contributed by atoms with van der Waals surface area (Å²) in [5.74, 6) is 0. The van der Waals surface area contributed by atoms with Crippen molar-refractivity contribution in [1.82, 2.24) is 0 Å². The van der Waals surface area contributed by atoms with Gasteiger partial charge in [-0.25, -0.2) is 0 Å². The largest absolute Gasteiger partial charge is 0.290 e. The summed E-state index contributed by atoms with van der Waals surface area (Å²) in [7, 11) is 0. The number of hydrogen-bond acceptors (Lipinski definition) is 1. The molecule has 0 aliphatic rings. The van der Waals surface area contributed by atoms with Gasteiger partial charge in [0.05, 0.1) is 0 Å². The van der Waals surface area contributed by atoms with E-state index in [-0.39, 0.29) is 20.4 Å². The predicted molar refractivity (Wildman–Crippen MR) is 15.7 cm³/mol. The molecule has 0 N–H and O–H groups in total. The number of carbonyl (C=O) groups is 1. The Balaban J connectivity index is 0. The summed E-state index contributed by atoms with van der Waals surface area (Å²) in [4.78, 5) is 8.72. The van der Waals surface area contributed by atoms with Crippen molar-refractivity contribution < 1.29 is 25.2 Å². The van der Waals surface area contributed by atoms with E-state index < -0.39 is 0 Å². The Hall–Kier alpha value is 0.812. The van der Waals surface area contributed by atoms with Crippen LogP contribution >= 0.6 is 15.9 Å². The number of hydrogen-bond donors (Lipinski definition) is 0. The maximum atomic E-state index is 8.72. The molecule has 0 fully saturated rings. The van der Waals surface area contributed by atoms with E-state index in [9.17, 15) is 0 Å². The third kappa shape index (κ3) is 14.0. The molecule has 0 aliphatic carbocycles. The molecule has 0 spiro atoms. The van der Waals surface area contributed by atoms with E-state index in [1.54, 1.807) is 0 Å². The molecule has 0 radical (unpaired) electrons. The Bertz CT molecular complexity index is 15.5. The molecule has 3 heteroatoms. The maximum Gasteiger partial charge on any atom is 0.185 e. The molecule has 0 rings (SSSR count). The first-order valence-electron chi connectivity index (χ1n) is 0.454. The standard InChI is InChI=1S/CHBrO.Pd/c2-1-3;/h1H;. The van der Waals surface area contributed by atoms with E-state index in [1.165, 1.54) is 0 Å². The van der Waals surface area contributed by atoms with Gasteiger partial charge in [-0.1, -0.05) is 0 Å². The molecule has 0 aromatic carbocycles. The monoisotopic (exact) mass is 214 g/mol. The van der Waals surface area contributed by atoms with Crippen molar-refractivity contribution in [1.29, 1.82) is 0 Å². The minimum atomic E-state index is 0. The molecule has 0 aliphatic heterocycles. The Morgan fingerprint density at radius 1 is 1.75 bits per heavy atom. The summed E-state index contributed by atoms with van der Waals surface area (Å²) in [5, 5.41) is 0.562. The van der Waals surface area contributed by atoms with E-state index >= 15 is 0 Å². The maximum absolute atomic E-state index is 8.72. The van der Waals surface area contributed by atoms with Crippen LogP contribution in [0.25, 0.3) is 0 Å². The van der Waals surface area contributed by atoms with Gasteiger partial charge in [0.15, 0.2) is 5.20 Å². The van der Waals surface area contributed by atoms with E-state index in [4.69, 9.17) is 4.79 Å². The van der Waals surface area contributed by atoms with Crippen molar-refractivity contribution in [2.75, 3.05) is 0 Å². The molecule has 0 bridgehead atoms. The first-order valence-corrected chi connectivity index (χ1v) is 1.37. The van der Waals surface area contributed by atoms with Crippen LogP contribution in [-0.4, -0.2) is 5.20 Å². The quantitative estimate of drug-likeness (QED) is 0.328. The van der Waals surface area contributed by atoms with E-state index in [2.05, 4.69) is 15.9 Å². The molecule has 0 saturated carbocycles. The fourth-order valence-electron chi connectivity index (χ4n) is 0. The topological polar surface area (TPSA) is 17.1 Å². The second-order valence-electron chi connectivity index (χ2n) is 0.0891. The molecule has 1 nitrogen and oxygen atoms in total. The number of carbonyl (C=O) groups excluding carboxylic acids is 1. The summed E-state index contributed by atoms with van der Waals surface area (Å²) < 4.78 is 0. The molecule has 0 aromatic rings. The third-order valence-electron chi connectivity index (χ3n) is 0. The van der Waals surface area contributed by atoms with Gasteiger partial charge in [0.2, 0.25) is 0 Å². The number of halogens is 1. The van der Waals surface area contributed by atoms with Crippen LogP contribution in [0.1, 0.15) is 0 Å². The van der Waals surface area contributed by atoms with Crippen LogP contribution in [0, 0.1) is 0 Å². The zero-order valence-electron chi connectivity index (χ0n) is 1.68. The van der Waals surface area contributed by atoms with Crippen molar-refractivity contribution in [3.63, 3.8) is 0 Å². The minimum Gasteiger partial charge on any atom is -0.290 e. The second kappa shape index (κ2) is 9.18. The third-order valence-corrected chi connectivity index (χ3v) is 0. The molecular formula is CHBrOPd. The Labute approximate surface area is 46.5 Å². The summed E-state index contributed by atoms with van der Waals surface area (Å²) in [6.45, 7) is 0. The fraction of sp³-hybridized carbons (Fsp3) is 0. The van der Waals surface area contributed by atoms with Crippen molar-refractivity contribution in [2.24, 2.45) is 0 Å². The summed E-state index contributed by atoms with van der Waals surface area (Å²) >= 11 is 2.47. The molecule has 0 atom stereocenters. The predicted octanol–water partition coefficient (Wildman–Crippen LogP) is 0.569. The molecule has 28 valence electrons. The SMILES string of the molecule is O=CBr.[Pd]. The second-order valence-corrected chi connectivity index (χ2v) is 0.463. The molecule has 0 amide bonds. The van der Waals surface area contributed by atoms with Crippen molar-refractivity contribution in [3.05, 3.63) is 0 Å². The first-order chi connectivity index (χ1) is 1.41. The molecule has 4 heavy (non-hydrogen) atoms. The minimum absolute atomic E-state index is 0. The first kappa shape index (κ1) is 8.84. The van der Waals surface area contributed by atoms with E-state index in [0.29, 0.717) is 5.20 Å². The zero-order valence-corrected chi connectivity index (χ0v) is 4.82. The Morgan fingerprint density at radius 2 is 1.75 bits per heavy atom. The van der Waals surface area contributed by atoms with E-state index in [1.807, 2.05) is 0 Å². The van der Waals surface area contributed by atoms with Crippen LogP contribution in [-0.2, 0) is 25.2 Å². The zero-order chi connectivity index (χ0) is 2.71. The van der Waals surface area contributed by atoms with Gasteiger partial charge in [-0.15, -0.1) is 0 Å². The summed E-state index contributed by atoms with van der Waals surface area (Å²) in [6.07, 6.45) is 0. The van der Waals surface area contributed by atoms with Gasteiger partial charge >= 0.3 is 0 Å². The van der Waals surface area contributed by atoms with Crippen LogP contribution in [0.2, 0.25) is 0 Å².